The van der Waals surface area contributed by atoms with Crippen LogP contribution in [0.5, 0.6) is 0 Å². The highest BCUT2D eigenvalue weighted by Crippen LogP contribution is 2.47. The molecule has 2 aliphatic rings. The third kappa shape index (κ3) is 5.06. The summed E-state index contributed by atoms with van der Waals surface area (Å²) in [5.74, 6) is 0.0562. The Morgan fingerprint density at radius 2 is 1.62 bits per heavy atom. The molecule has 204 valence electrons. The van der Waals surface area contributed by atoms with Crippen molar-refractivity contribution >= 4 is 52.2 Å². The smallest absolute Gasteiger partial charge is 0.326 e. The van der Waals surface area contributed by atoms with Crippen LogP contribution in [0, 0.1) is 5.92 Å². The summed E-state index contributed by atoms with van der Waals surface area (Å²) < 4.78 is 0. The number of urea groups is 1. The van der Waals surface area contributed by atoms with E-state index in [1.807, 2.05) is 36.4 Å². The van der Waals surface area contributed by atoms with E-state index in [9.17, 15) is 9.90 Å². The summed E-state index contributed by atoms with van der Waals surface area (Å²) in [5.41, 5.74) is 6.04. The monoisotopic (exact) mass is 592 g/mol. The summed E-state index contributed by atoms with van der Waals surface area (Å²) in [7, 11) is 0. The lowest BCUT2D eigenvalue weighted by Gasteiger charge is -2.34. The number of aliphatic hydroxyl groups excluding tert-OH is 1. The van der Waals surface area contributed by atoms with Gasteiger partial charge in [0.2, 0.25) is 0 Å². The van der Waals surface area contributed by atoms with Gasteiger partial charge in [0.1, 0.15) is 0 Å². The molecule has 0 radical (unpaired) electrons. The van der Waals surface area contributed by atoms with Crippen LogP contribution in [0.3, 0.4) is 0 Å². The SMILES string of the molecule is O=C1NCc2c(-c3ccccc3Cl)cc(C3CN(Cc4ccncc4)CC3CO)cc2N1c1c(Cl)cccc1Cl. The third-order valence-corrected chi connectivity index (χ3v) is 8.71. The van der Waals surface area contributed by atoms with Crippen molar-refractivity contribution < 1.29 is 9.90 Å². The molecule has 3 heterocycles. The number of likely N-dealkylation sites (tertiary alicyclic amines) is 1. The first-order valence-corrected chi connectivity index (χ1v) is 14.2. The Kier molecular flexibility index (Phi) is 7.71. The largest absolute Gasteiger partial charge is 0.396 e. The number of amides is 2. The second kappa shape index (κ2) is 11.4. The Hall–Kier alpha value is -3.13. The van der Waals surface area contributed by atoms with E-state index in [0.717, 1.165) is 41.9 Å². The first-order chi connectivity index (χ1) is 19.4. The predicted molar refractivity (Wildman–Crippen MR) is 161 cm³/mol. The molecule has 9 heteroatoms. The van der Waals surface area contributed by atoms with Crippen molar-refractivity contribution in [2.24, 2.45) is 5.92 Å². The molecule has 2 amide bonds. The fourth-order valence-electron chi connectivity index (χ4n) is 5.87. The van der Waals surface area contributed by atoms with Gasteiger partial charge in [-0.2, -0.15) is 0 Å². The van der Waals surface area contributed by atoms with Crippen LogP contribution in [0.15, 0.2) is 79.1 Å². The van der Waals surface area contributed by atoms with Gasteiger partial charge in [0.05, 0.1) is 21.4 Å². The van der Waals surface area contributed by atoms with Crippen LogP contribution < -0.4 is 10.2 Å². The highest BCUT2D eigenvalue weighted by molar-refractivity contribution is 6.40. The third-order valence-electron chi connectivity index (χ3n) is 7.77. The molecule has 2 atom stereocenters. The van der Waals surface area contributed by atoms with E-state index in [2.05, 4.69) is 27.3 Å². The van der Waals surface area contributed by atoms with Crippen molar-refractivity contribution in [3.63, 3.8) is 0 Å². The summed E-state index contributed by atoms with van der Waals surface area (Å²) in [6.45, 7) is 2.66. The number of hydrogen-bond donors (Lipinski definition) is 2. The Bertz CT molecular complexity index is 1550. The number of carbonyl (C=O) groups excluding carboxylic acids is 1. The van der Waals surface area contributed by atoms with Gasteiger partial charge in [0, 0.05) is 73.2 Å². The number of fused-ring (bicyclic) bond motifs is 1. The molecule has 2 unspecified atom stereocenters. The van der Waals surface area contributed by atoms with Crippen LogP contribution in [0.4, 0.5) is 16.2 Å². The van der Waals surface area contributed by atoms with Crippen molar-refractivity contribution in [3.05, 3.63) is 111 Å². The minimum absolute atomic E-state index is 0.0220. The molecule has 4 aromatic rings. The number of para-hydroxylation sites is 1. The zero-order valence-corrected chi connectivity index (χ0v) is 23.8. The number of aromatic nitrogens is 1. The summed E-state index contributed by atoms with van der Waals surface area (Å²) in [4.78, 5) is 21.4. The van der Waals surface area contributed by atoms with Gasteiger partial charge in [0.25, 0.3) is 0 Å². The molecule has 1 aromatic heterocycles. The van der Waals surface area contributed by atoms with E-state index in [4.69, 9.17) is 34.8 Å². The van der Waals surface area contributed by atoms with E-state index in [-0.39, 0.29) is 24.5 Å². The van der Waals surface area contributed by atoms with E-state index in [1.165, 1.54) is 5.56 Å². The summed E-state index contributed by atoms with van der Waals surface area (Å²) in [6.07, 6.45) is 3.59. The molecular formula is C31H27Cl3N4O2. The molecule has 2 aliphatic heterocycles. The number of pyridine rings is 1. The predicted octanol–water partition coefficient (Wildman–Crippen LogP) is 7.28. The lowest BCUT2D eigenvalue weighted by molar-refractivity contribution is 0.214. The zero-order valence-electron chi connectivity index (χ0n) is 21.5. The van der Waals surface area contributed by atoms with Gasteiger partial charge in [-0.1, -0.05) is 65.1 Å². The summed E-state index contributed by atoms with van der Waals surface area (Å²) in [5, 5.41) is 14.8. The normalized spacial score (nSPS) is 19.0. The van der Waals surface area contributed by atoms with Crippen molar-refractivity contribution in [3.8, 4) is 11.1 Å². The second-order valence-electron chi connectivity index (χ2n) is 10.2. The minimum atomic E-state index is -0.311. The van der Waals surface area contributed by atoms with Gasteiger partial charge < -0.3 is 10.4 Å². The van der Waals surface area contributed by atoms with Crippen LogP contribution >= 0.6 is 34.8 Å². The Morgan fingerprint density at radius 1 is 0.900 bits per heavy atom. The molecule has 0 spiro atoms. The Balaban J connectivity index is 1.50. The average molecular weight is 594 g/mol. The molecule has 0 aliphatic carbocycles. The molecular weight excluding hydrogens is 567 g/mol. The fourth-order valence-corrected chi connectivity index (χ4v) is 6.68. The van der Waals surface area contributed by atoms with E-state index in [1.54, 1.807) is 35.5 Å². The van der Waals surface area contributed by atoms with Crippen LogP contribution in [0.1, 0.15) is 22.6 Å². The fraction of sp³-hybridized carbons (Fsp3) is 0.226. The molecule has 0 saturated carbocycles. The number of benzene rings is 3. The molecule has 40 heavy (non-hydrogen) atoms. The van der Waals surface area contributed by atoms with E-state index in [0.29, 0.717) is 33.0 Å². The number of aliphatic hydroxyl groups is 1. The van der Waals surface area contributed by atoms with Crippen molar-refractivity contribution in [2.45, 2.75) is 19.0 Å². The maximum absolute atomic E-state index is 13.4. The van der Waals surface area contributed by atoms with Gasteiger partial charge in [0.15, 0.2) is 0 Å². The van der Waals surface area contributed by atoms with Crippen LogP contribution in [-0.4, -0.2) is 40.7 Å². The highest BCUT2D eigenvalue weighted by Gasteiger charge is 2.37. The first kappa shape index (κ1) is 27.1. The standard InChI is InChI=1S/C31H27Cl3N4O2/c32-26-5-2-1-4-22(26)23-12-20(25-17-37(16-21(25)18-39)15-19-8-10-35-11-9-19)13-29-24(23)14-36-31(40)38(29)30-27(33)6-3-7-28(30)34/h1-13,21,25,39H,14-18H2,(H,36,40). The number of anilines is 2. The van der Waals surface area contributed by atoms with Gasteiger partial charge in [-0.3, -0.25) is 14.8 Å². The summed E-state index contributed by atoms with van der Waals surface area (Å²) >= 11 is 19.9. The Labute approximate surface area is 248 Å². The number of nitrogens with zero attached hydrogens (tertiary/aromatic N) is 3. The maximum Gasteiger partial charge on any atom is 0.326 e. The van der Waals surface area contributed by atoms with Crippen LogP contribution in [-0.2, 0) is 13.1 Å². The topological polar surface area (TPSA) is 68.7 Å². The Morgan fingerprint density at radius 3 is 2.35 bits per heavy atom. The highest BCUT2D eigenvalue weighted by atomic mass is 35.5. The van der Waals surface area contributed by atoms with Gasteiger partial charge in [-0.05, 0) is 53.1 Å². The van der Waals surface area contributed by atoms with Gasteiger partial charge in [-0.25, -0.2) is 4.79 Å². The molecule has 2 N–H and O–H groups in total. The number of halogens is 3. The average Bonchev–Trinajstić information content (AvgIpc) is 3.37. The first-order valence-electron chi connectivity index (χ1n) is 13.1. The number of nitrogens with one attached hydrogen (secondary N) is 1. The quantitative estimate of drug-likeness (QED) is 0.247. The van der Waals surface area contributed by atoms with Crippen molar-refractivity contribution in [1.82, 2.24) is 15.2 Å². The van der Waals surface area contributed by atoms with Crippen molar-refractivity contribution in [2.75, 3.05) is 24.6 Å². The van der Waals surface area contributed by atoms with Crippen LogP contribution in [0.25, 0.3) is 11.1 Å². The number of carbonyl (C=O) groups is 1. The second-order valence-corrected chi connectivity index (χ2v) is 11.4. The molecule has 0 bridgehead atoms. The van der Waals surface area contributed by atoms with E-state index >= 15 is 0 Å². The van der Waals surface area contributed by atoms with Gasteiger partial charge in [-0.15, -0.1) is 0 Å². The molecule has 6 rings (SSSR count). The number of hydrogen-bond acceptors (Lipinski definition) is 4. The zero-order chi connectivity index (χ0) is 27.8. The lowest BCUT2D eigenvalue weighted by atomic mass is 9.85. The molecule has 3 aromatic carbocycles. The van der Waals surface area contributed by atoms with E-state index < -0.39 is 0 Å². The molecule has 1 saturated heterocycles. The number of rotatable bonds is 6. The van der Waals surface area contributed by atoms with Crippen LogP contribution in [0.2, 0.25) is 15.1 Å². The van der Waals surface area contributed by atoms with Gasteiger partial charge >= 0.3 is 6.03 Å². The summed E-state index contributed by atoms with van der Waals surface area (Å²) in [6, 6.07) is 20.8. The molecule has 6 nitrogen and oxygen atoms in total. The maximum atomic E-state index is 13.4. The lowest BCUT2D eigenvalue weighted by Crippen LogP contribution is -2.42. The minimum Gasteiger partial charge on any atom is -0.396 e. The van der Waals surface area contributed by atoms with Crippen molar-refractivity contribution in [1.29, 1.82) is 0 Å². The molecule has 1 fully saturated rings.